The summed E-state index contributed by atoms with van der Waals surface area (Å²) in [5.41, 5.74) is -0.472. The number of hydrogen-bond donors (Lipinski definition) is 0. The number of ether oxygens (including phenoxy) is 6. The third-order valence-electron chi connectivity index (χ3n) is 5.35. The number of esters is 1. The van der Waals surface area contributed by atoms with E-state index in [0.717, 1.165) is 38.5 Å². The Balaban J connectivity index is 1.92. The Morgan fingerprint density at radius 3 is 2.74 bits per heavy atom. The van der Waals surface area contributed by atoms with Crippen molar-refractivity contribution in [3.05, 3.63) is 0 Å². The molecule has 2 aliphatic heterocycles. The Labute approximate surface area is 163 Å². The van der Waals surface area contributed by atoms with Crippen molar-refractivity contribution in [3.8, 4) is 0 Å². The lowest BCUT2D eigenvalue weighted by Gasteiger charge is -2.36. The van der Waals surface area contributed by atoms with Crippen LogP contribution in [-0.4, -0.2) is 70.2 Å². The first-order chi connectivity index (χ1) is 13.1. The number of fused-ring (bicyclic) bond motifs is 1. The van der Waals surface area contributed by atoms with Gasteiger partial charge in [0, 0.05) is 26.7 Å². The van der Waals surface area contributed by atoms with Crippen LogP contribution in [0.4, 0.5) is 0 Å². The quantitative estimate of drug-likeness (QED) is 0.306. The molecular formula is C20H36O7. The molecule has 2 saturated heterocycles. The van der Waals surface area contributed by atoms with Gasteiger partial charge in [-0.05, 0) is 52.4 Å². The zero-order valence-electron chi connectivity index (χ0n) is 17.1. The predicted octanol–water partition coefficient (Wildman–Crippen LogP) is 2.84. The van der Waals surface area contributed by atoms with Crippen LogP contribution in [0.3, 0.4) is 0 Å². The molecule has 2 rings (SSSR count). The molecule has 0 aliphatic carbocycles. The average molecular weight is 389 g/mol. The van der Waals surface area contributed by atoms with Crippen molar-refractivity contribution in [3.63, 3.8) is 0 Å². The SMILES string of the molecule is CCOCCOCCC[C@H]1O[C@H]2CCCC(=O)O[C@@H]2CC[C@]1(C)OCOC. The van der Waals surface area contributed by atoms with Gasteiger partial charge >= 0.3 is 5.97 Å². The summed E-state index contributed by atoms with van der Waals surface area (Å²) in [5.74, 6) is -0.119. The van der Waals surface area contributed by atoms with E-state index in [4.69, 9.17) is 28.4 Å². The molecule has 0 saturated carbocycles. The maximum atomic E-state index is 11.8. The van der Waals surface area contributed by atoms with E-state index in [1.807, 2.05) is 6.92 Å². The van der Waals surface area contributed by atoms with Crippen LogP contribution < -0.4 is 0 Å². The zero-order valence-corrected chi connectivity index (χ0v) is 17.1. The summed E-state index contributed by atoms with van der Waals surface area (Å²) in [7, 11) is 1.62. The predicted molar refractivity (Wildman–Crippen MR) is 99.5 cm³/mol. The van der Waals surface area contributed by atoms with Crippen molar-refractivity contribution in [2.24, 2.45) is 0 Å². The molecule has 0 bridgehead atoms. The highest BCUT2D eigenvalue weighted by Gasteiger charge is 2.44. The smallest absolute Gasteiger partial charge is 0.306 e. The van der Waals surface area contributed by atoms with E-state index in [2.05, 4.69) is 6.92 Å². The minimum atomic E-state index is -0.472. The fourth-order valence-electron chi connectivity index (χ4n) is 3.75. The highest BCUT2D eigenvalue weighted by molar-refractivity contribution is 5.69. The van der Waals surface area contributed by atoms with Crippen LogP contribution in [0.5, 0.6) is 0 Å². The molecule has 0 aromatic heterocycles. The third kappa shape index (κ3) is 7.31. The van der Waals surface area contributed by atoms with E-state index < -0.39 is 5.60 Å². The second-order valence-corrected chi connectivity index (χ2v) is 7.44. The highest BCUT2D eigenvalue weighted by atomic mass is 16.7. The van der Waals surface area contributed by atoms with Crippen LogP contribution in [0.1, 0.15) is 58.8 Å². The number of hydrogen-bond acceptors (Lipinski definition) is 7. The minimum Gasteiger partial charge on any atom is -0.460 e. The topological polar surface area (TPSA) is 72.5 Å². The number of carbonyl (C=O) groups excluding carboxylic acids is 1. The van der Waals surface area contributed by atoms with E-state index in [1.54, 1.807) is 7.11 Å². The summed E-state index contributed by atoms with van der Waals surface area (Å²) in [5, 5.41) is 0. The van der Waals surface area contributed by atoms with Crippen LogP contribution in [0.15, 0.2) is 0 Å². The molecule has 7 nitrogen and oxygen atoms in total. The maximum absolute atomic E-state index is 11.8. The molecule has 27 heavy (non-hydrogen) atoms. The Morgan fingerprint density at radius 2 is 1.96 bits per heavy atom. The largest absolute Gasteiger partial charge is 0.460 e. The normalized spacial score (nSPS) is 31.7. The monoisotopic (exact) mass is 388 g/mol. The molecule has 0 unspecified atom stereocenters. The van der Waals surface area contributed by atoms with Crippen molar-refractivity contribution >= 4 is 5.97 Å². The lowest BCUT2D eigenvalue weighted by molar-refractivity contribution is -0.195. The first-order valence-corrected chi connectivity index (χ1v) is 10.2. The van der Waals surface area contributed by atoms with Crippen molar-refractivity contribution in [1.82, 2.24) is 0 Å². The zero-order chi connectivity index (χ0) is 19.5. The van der Waals surface area contributed by atoms with Gasteiger partial charge in [-0.3, -0.25) is 4.79 Å². The molecule has 0 amide bonds. The van der Waals surface area contributed by atoms with Crippen LogP contribution in [-0.2, 0) is 33.2 Å². The van der Waals surface area contributed by atoms with Gasteiger partial charge in [-0.2, -0.15) is 0 Å². The van der Waals surface area contributed by atoms with Crippen LogP contribution in [0.2, 0.25) is 0 Å². The number of rotatable bonds is 11. The van der Waals surface area contributed by atoms with E-state index in [9.17, 15) is 4.79 Å². The van der Waals surface area contributed by atoms with Gasteiger partial charge in [-0.1, -0.05) is 0 Å². The summed E-state index contributed by atoms with van der Waals surface area (Å²) >= 11 is 0. The van der Waals surface area contributed by atoms with Gasteiger partial charge in [0.25, 0.3) is 0 Å². The molecule has 0 N–H and O–H groups in total. The lowest BCUT2D eigenvalue weighted by Crippen LogP contribution is -2.44. The second-order valence-electron chi connectivity index (χ2n) is 7.44. The molecule has 2 heterocycles. The van der Waals surface area contributed by atoms with Crippen molar-refractivity contribution in [2.45, 2.75) is 82.7 Å². The number of methoxy groups -OCH3 is 1. The van der Waals surface area contributed by atoms with Gasteiger partial charge in [0.1, 0.15) is 12.9 Å². The van der Waals surface area contributed by atoms with Gasteiger partial charge < -0.3 is 28.4 Å². The summed E-state index contributed by atoms with van der Waals surface area (Å²) in [6.45, 7) is 6.87. The summed E-state index contributed by atoms with van der Waals surface area (Å²) in [6, 6.07) is 0. The molecular weight excluding hydrogens is 352 g/mol. The van der Waals surface area contributed by atoms with Crippen LogP contribution in [0, 0.1) is 0 Å². The minimum absolute atomic E-state index is 0.0618. The molecule has 4 atom stereocenters. The Bertz CT molecular complexity index is 431. The van der Waals surface area contributed by atoms with E-state index >= 15 is 0 Å². The maximum Gasteiger partial charge on any atom is 0.306 e. The Morgan fingerprint density at radius 1 is 1.15 bits per heavy atom. The van der Waals surface area contributed by atoms with Crippen molar-refractivity contribution in [2.75, 3.05) is 40.3 Å². The van der Waals surface area contributed by atoms with E-state index in [-0.39, 0.29) is 31.1 Å². The standard InChI is InChI=1S/C20H36O7/c1-4-23-13-14-24-12-6-8-18-20(2,25-15-22-3)11-10-17-16(26-18)7-5-9-19(21)27-17/h16-18H,4-15H2,1-3H3/t16-,17+,18+,20-/m0/s1. The van der Waals surface area contributed by atoms with Gasteiger partial charge in [-0.25, -0.2) is 0 Å². The molecule has 0 aromatic rings. The van der Waals surface area contributed by atoms with Crippen LogP contribution in [0.25, 0.3) is 0 Å². The van der Waals surface area contributed by atoms with Gasteiger partial charge in [0.2, 0.25) is 0 Å². The fraction of sp³-hybridized carbons (Fsp3) is 0.950. The Hall–Kier alpha value is -0.730. The van der Waals surface area contributed by atoms with Gasteiger partial charge in [-0.15, -0.1) is 0 Å². The molecule has 0 aromatic carbocycles. The molecule has 2 fully saturated rings. The molecule has 158 valence electrons. The molecule has 7 heteroatoms. The van der Waals surface area contributed by atoms with E-state index in [1.165, 1.54) is 0 Å². The van der Waals surface area contributed by atoms with Gasteiger partial charge in [0.15, 0.2) is 0 Å². The second kappa shape index (κ2) is 12.0. The molecule has 0 spiro atoms. The highest BCUT2D eigenvalue weighted by Crippen LogP contribution is 2.37. The molecule has 2 aliphatic rings. The fourth-order valence-corrected chi connectivity index (χ4v) is 3.75. The lowest BCUT2D eigenvalue weighted by atomic mass is 9.90. The molecule has 0 radical (unpaired) electrons. The first-order valence-electron chi connectivity index (χ1n) is 10.2. The van der Waals surface area contributed by atoms with Crippen LogP contribution >= 0.6 is 0 Å². The summed E-state index contributed by atoms with van der Waals surface area (Å²) in [4.78, 5) is 11.8. The first kappa shape index (κ1) is 22.6. The van der Waals surface area contributed by atoms with Gasteiger partial charge in [0.05, 0.1) is 31.0 Å². The third-order valence-corrected chi connectivity index (χ3v) is 5.35. The Kier molecular flexibility index (Phi) is 10.00. The van der Waals surface area contributed by atoms with Crippen molar-refractivity contribution in [1.29, 1.82) is 0 Å². The average Bonchev–Trinajstić information content (AvgIpc) is 2.90. The summed E-state index contributed by atoms with van der Waals surface area (Å²) in [6.07, 6.45) is 5.01. The summed E-state index contributed by atoms with van der Waals surface area (Å²) < 4.78 is 34.2. The van der Waals surface area contributed by atoms with Crippen molar-refractivity contribution < 1.29 is 33.2 Å². The van der Waals surface area contributed by atoms with E-state index in [0.29, 0.717) is 32.8 Å². The number of carbonyl (C=O) groups is 1.